The Balaban J connectivity index is 0.00000175. The SMILES string of the molecule is CC.CC1(C)c2ccccc2-c2cc(-n3c4ccccc4c4c5oc6c(ccc7c6c6ccccc6n7-c6ccc7sc8ccccc8c7c6)c5ccc43)ccc21. The summed E-state index contributed by atoms with van der Waals surface area (Å²) in [6.45, 7) is 8.68. The Hall–Kier alpha value is -6.62. The average molecular weight is 751 g/mol. The minimum atomic E-state index is -0.0365. The van der Waals surface area contributed by atoms with Crippen molar-refractivity contribution in [3.05, 3.63) is 169 Å². The molecule has 4 aromatic heterocycles. The Morgan fingerprint density at radius 1 is 0.421 bits per heavy atom. The van der Waals surface area contributed by atoms with Gasteiger partial charge in [0, 0.05) is 58.5 Å². The van der Waals surface area contributed by atoms with E-state index in [0.29, 0.717) is 0 Å². The highest BCUT2D eigenvalue weighted by atomic mass is 32.1. The van der Waals surface area contributed by atoms with E-state index in [2.05, 4.69) is 181 Å². The van der Waals surface area contributed by atoms with Crippen LogP contribution in [0.4, 0.5) is 0 Å². The van der Waals surface area contributed by atoms with Crippen LogP contribution >= 0.6 is 11.3 Å². The summed E-state index contributed by atoms with van der Waals surface area (Å²) in [5.41, 5.74) is 14.2. The highest BCUT2D eigenvalue weighted by Gasteiger charge is 2.35. The van der Waals surface area contributed by atoms with Crippen molar-refractivity contribution in [1.82, 2.24) is 9.13 Å². The van der Waals surface area contributed by atoms with E-state index >= 15 is 0 Å². The van der Waals surface area contributed by atoms with Crippen LogP contribution in [0.3, 0.4) is 0 Å². The lowest BCUT2D eigenvalue weighted by atomic mass is 9.82. The maximum Gasteiger partial charge on any atom is 0.145 e. The summed E-state index contributed by atoms with van der Waals surface area (Å²) in [6.07, 6.45) is 0. The van der Waals surface area contributed by atoms with Gasteiger partial charge in [0.25, 0.3) is 0 Å². The van der Waals surface area contributed by atoms with Crippen molar-refractivity contribution in [3.8, 4) is 22.5 Å². The molecule has 0 saturated carbocycles. The van der Waals surface area contributed by atoms with Gasteiger partial charge in [0.2, 0.25) is 0 Å². The molecule has 0 saturated heterocycles. The minimum Gasteiger partial charge on any atom is -0.455 e. The highest BCUT2D eigenvalue weighted by Crippen LogP contribution is 2.50. The molecule has 1 aliphatic carbocycles. The van der Waals surface area contributed by atoms with Gasteiger partial charge in [-0.25, -0.2) is 0 Å². The Morgan fingerprint density at radius 2 is 0.947 bits per heavy atom. The number of hydrogen-bond donors (Lipinski definition) is 0. The van der Waals surface area contributed by atoms with Crippen molar-refractivity contribution in [1.29, 1.82) is 0 Å². The second-order valence-electron chi connectivity index (χ2n) is 15.7. The van der Waals surface area contributed by atoms with E-state index in [9.17, 15) is 0 Å². The lowest BCUT2D eigenvalue weighted by Gasteiger charge is -2.21. The second kappa shape index (κ2) is 11.7. The van der Waals surface area contributed by atoms with Crippen LogP contribution in [0.15, 0.2) is 162 Å². The number of thiophene rings is 1. The fraction of sp³-hybridized carbons (Fsp3) is 0.0943. The molecule has 57 heavy (non-hydrogen) atoms. The Kier molecular flexibility index (Phi) is 6.69. The number of furan rings is 1. The normalized spacial score (nSPS) is 13.4. The third-order valence-electron chi connectivity index (χ3n) is 12.5. The molecule has 3 nitrogen and oxygen atoms in total. The highest BCUT2D eigenvalue weighted by molar-refractivity contribution is 7.25. The van der Waals surface area contributed by atoms with Crippen LogP contribution in [-0.2, 0) is 5.41 Å². The van der Waals surface area contributed by atoms with Gasteiger partial charge >= 0.3 is 0 Å². The summed E-state index contributed by atoms with van der Waals surface area (Å²) in [7, 11) is 0. The van der Waals surface area contributed by atoms with Crippen molar-refractivity contribution in [2.24, 2.45) is 0 Å². The first-order chi connectivity index (χ1) is 28.0. The van der Waals surface area contributed by atoms with Gasteiger partial charge in [-0.05, 0) is 95.1 Å². The van der Waals surface area contributed by atoms with Gasteiger partial charge < -0.3 is 13.6 Å². The van der Waals surface area contributed by atoms with Gasteiger partial charge in [-0.1, -0.05) is 113 Å². The fourth-order valence-corrected chi connectivity index (χ4v) is 11.1. The predicted molar refractivity (Wildman–Crippen MR) is 244 cm³/mol. The Bertz CT molecular complexity index is 3640. The van der Waals surface area contributed by atoms with Crippen LogP contribution in [0.1, 0.15) is 38.8 Å². The summed E-state index contributed by atoms with van der Waals surface area (Å²) in [6, 6.07) is 58.2. The molecule has 4 heterocycles. The number of hydrogen-bond acceptors (Lipinski definition) is 2. The molecule has 0 radical (unpaired) electrons. The zero-order valence-corrected chi connectivity index (χ0v) is 33.0. The average Bonchev–Trinajstić information content (AvgIpc) is 4.04. The summed E-state index contributed by atoms with van der Waals surface area (Å²) in [5.74, 6) is 0. The largest absolute Gasteiger partial charge is 0.455 e. The maximum absolute atomic E-state index is 7.23. The standard InChI is InChI=1S/C51H32N2OS.C2H6/c1-51(2)39-15-7-3-11-31(39)37-27-29(19-23-40(37)51)52-41-16-8-4-13-35(41)47-43(52)24-21-33-34-22-25-44-48(50(34)54-49(33)47)36-14-5-9-17-42(36)53(44)30-20-26-46-38(28-30)32-12-6-10-18-45(32)55-46;1-2/h3-28H,1-2H3;1-2H3. The first kappa shape index (κ1) is 32.6. The zero-order valence-electron chi connectivity index (χ0n) is 32.2. The quantitative estimate of drug-likeness (QED) is 0.173. The number of benzene rings is 8. The molecule has 0 amide bonds. The number of nitrogens with zero attached hydrogens (tertiary/aromatic N) is 2. The first-order valence-corrected chi connectivity index (χ1v) is 20.8. The molecule has 272 valence electrons. The summed E-state index contributed by atoms with van der Waals surface area (Å²) in [4.78, 5) is 0. The molecule has 0 aliphatic heterocycles. The molecule has 12 aromatic rings. The molecular weight excluding hydrogens is 713 g/mol. The van der Waals surface area contributed by atoms with E-state index < -0.39 is 0 Å². The van der Waals surface area contributed by atoms with Crippen LogP contribution in [0.2, 0.25) is 0 Å². The molecule has 8 aromatic carbocycles. The van der Waals surface area contributed by atoms with E-state index in [-0.39, 0.29) is 5.41 Å². The molecule has 0 spiro atoms. The molecule has 4 heteroatoms. The van der Waals surface area contributed by atoms with E-state index in [1.807, 2.05) is 25.2 Å². The first-order valence-electron chi connectivity index (χ1n) is 20.0. The molecule has 0 fully saturated rings. The molecule has 0 atom stereocenters. The third kappa shape index (κ3) is 4.26. The Morgan fingerprint density at radius 3 is 1.63 bits per heavy atom. The molecule has 0 unspecified atom stereocenters. The summed E-state index contributed by atoms with van der Waals surface area (Å²) in [5, 5.41) is 9.56. The van der Waals surface area contributed by atoms with Gasteiger partial charge in [0.1, 0.15) is 11.2 Å². The van der Waals surface area contributed by atoms with Crippen LogP contribution in [0.25, 0.3) is 108 Å². The number of rotatable bonds is 2. The van der Waals surface area contributed by atoms with E-state index in [1.54, 1.807) is 0 Å². The van der Waals surface area contributed by atoms with Gasteiger partial charge in [-0.2, -0.15) is 0 Å². The monoisotopic (exact) mass is 750 g/mol. The van der Waals surface area contributed by atoms with Crippen molar-refractivity contribution < 1.29 is 4.42 Å². The zero-order chi connectivity index (χ0) is 38.2. The van der Waals surface area contributed by atoms with Gasteiger partial charge in [-0.3, -0.25) is 0 Å². The topological polar surface area (TPSA) is 23.0 Å². The molecule has 0 bridgehead atoms. The third-order valence-corrected chi connectivity index (χ3v) is 13.7. The van der Waals surface area contributed by atoms with Crippen LogP contribution in [-0.4, -0.2) is 9.13 Å². The second-order valence-corrected chi connectivity index (χ2v) is 16.7. The number of para-hydroxylation sites is 2. The van der Waals surface area contributed by atoms with Crippen LogP contribution < -0.4 is 0 Å². The van der Waals surface area contributed by atoms with E-state index in [0.717, 1.165) is 55.1 Å². The fourth-order valence-electron chi connectivity index (χ4n) is 10.1. The molecular formula is C53H38N2OS. The number of fused-ring (bicyclic) bond motifs is 17. The van der Waals surface area contributed by atoms with Crippen molar-refractivity contribution in [2.45, 2.75) is 33.1 Å². The van der Waals surface area contributed by atoms with E-state index in [1.165, 1.54) is 64.2 Å². The lowest BCUT2D eigenvalue weighted by molar-refractivity contribution is 0.660. The van der Waals surface area contributed by atoms with Crippen molar-refractivity contribution in [3.63, 3.8) is 0 Å². The van der Waals surface area contributed by atoms with Crippen molar-refractivity contribution >= 4 is 97.1 Å². The predicted octanol–water partition coefficient (Wildman–Crippen LogP) is 15.5. The lowest BCUT2D eigenvalue weighted by Crippen LogP contribution is -2.14. The number of aromatic nitrogens is 2. The van der Waals surface area contributed by atoms with Gasteiger partial charge in [0.05, 0.1) is 32.8 Å². The summed E-state index contributed by atoms with van der Waals surface area (Å²) >= 11 is 1.86. The van der Waals surface area contributed by atoms with Gasteiger partial charge in [0.15, 0.2) is 0 Å². The smallest absolute Gasteiger partial charge is 0.145 e. The minimum absolute atomic E-state index is 0.0365. The van der Waals surface area contributed by atoms with Crippen LogP contribution in [0, 0.1) is 0 Å². The maximum atomic E-state index is 7.23. The molecule has 0 N–H and O–H groups in total. The van der Waals surface area contributed by atoms with Crippen molar-refractivity contribution in [2.75, 3.05) is 0 Å². The molecule has 13 rings (SSSR count). The molecule has 1 aliphatic rings. The van der Waals surface area contributed by atoms with E-state index in [4.69, 9.17) is 4.42 Å². The summed E-state index contributed by atoms with van der Waals surface area (Å²) < 4.78 is 14.7. The Labute approximate surface area is 333 Å². The van der Waals surface area contributed by atoms with Gasteiger partial charge in [-0.15, -0.1) is 11.3 Å². The van der Waals surface area contributed by atoms with Crippen LogP contribution in [0.5, 0.6) is 0 Å².